The summed E-state index contributed by atoms with van der Waals surface area (Å²) in [7, 11) is -3.71. The van der Waals surface area contributed by atoms with E-state index in [9.17, 15) is 8.42 Å². The predicted molar refractivity (Wildman–Crippen MR) is 81.1 cm³/mol. The third-order valence-electron chi connectivity index (χ3n) is 2.24. The van der Waals surface area contributed by atoms with Crippen LogP contribution in [0.25, 0.3) is 0 Å². The van der Waals surface area contributed by atoms with E-state index >= 15 is 0 Å². The van der Waals surface area contributed by atoms with Gasteiger partial charge in [-0.25, -0.2) is 13.4 Å². The molecule has 0 aliphatic heterocycles. The summed E-state index contributed by atoms with van der Waals surface area (Å²) < 4.78 is 27.1. The summed E-state index contributed by atoms with van der Waals surface area (Å²) >= 11 is 7.88. The summed E-state index contributed by atoms with van der Waals surface area (Å²) in [4.78, 5) is 3.90. The summed E-state index contributed by atoms with van der Waals surface area (Å²) in [6.45, 7) is 5.73. The van der Waals surface area contributed by atoms with Crippen molar-refractivity contribution in [2.75, 3.05) is 4.72 Å². The molecule has 0 radical (unpaired) electrons. The summed E-state index contributed by atoms with van der Waals surface area (Å²) in [6, 6.07) is 0. The molecule has 6 nitrogen and oxygen atoms in total. The van der Waals surface area contributed by atoms with Crippen LogP contribution in [-0.4, -0.2) is 23.6 Å². The number of thiazole rings is 1. The van der Waals surface area contributed by atoms with Crippen molar-refractivity contribution in [2.45, 2.75) is 31.4 Å². The molecule has 110 valence electrons. The number of aryl methyl sites for hydroxylation is 1. The Balaban J connectivity index is 2.20. The average molecular weight is 353 g/mol. The second kappa shape index (κ2) is 5.92. The highest BCUT2D eigenvalue weighted by molar-refractivity contribution is 7.95. The maximum absolute atomic E-state index is 12.2. The Morgan fingerprint density at radius 2 is 2.00 bits per heavy atom. The Labute approximate surface area is 130 Å². The average Bonchev–Trinajstić information content (AvgIpc) is 2.84. The molecule has 0 aliphatic rings. The van der Waals surface area contributed by atoms with Gasteiger partial charge in [-0.2, -0.15) is 0 Å². The Bertz CT molecular complexity index is 708. The number of sulfonamides is 1. The molecule has 1 N–H and O–H groups in total. The standard InChI is InChI=1S/C10H13ClN4O2S3/c1-5(2)4-7-13-14-10(18-7)15-20(16,17)8-6(3)12-9(11)19-8/h5H,4H2,1-3H3,(H,14,15). The first kappa shape index (κ1) is 15.6. The van der Waals surface area contributed by atoms with Crippen LogP contribution in [0.1, 0.15) is 24.5 Å². The van der Waals surface area contributed by atoms with Gasteiger partial charge in [0.15, 0.2) is 8.68 Å². The van der Waals surface area contributed by atoms with Crippen LogP contribution < -0.4 is 4.72 Å². The van der Waals surface area contributed by atoms with Gasteiger partial charge in [0.1, 0.15) is 5.01 Å². The van der Waals surface area contributed by atoms with E-state index in [-0.39, 0.29) is 13.8 Å². The zero-order valence-electron chi connectivity index (χ0n) is 11.0. The molecule has 0 aliphatic carbocycles. The molecule has 10 heteroatoms. The number of anilines is 1. The van der Waals surface area contributed by atoms with Gasteiger partial charge in [0, 0.05) is 6.42 Å². The van der Waals surface area contributed by atoms with Gasteiger partial charge >= 0.3 is 0 Å². The van der Waals surface area contributed by atoms with Crippen molar-refractivity contribution < 1.29 is 8.42 Å². The maximum Gasteiger partial charge on any atom is 0.275 e. The molecule has 2 heterocycles. The number of rotatable bonds is 5. The fourth-order valence-corrected chi connectivity index (χ4v) is 5.41. The zero-order valence-corrected chi connectivity index (χ0v) is 14.3. The second-order valence-corrected chi connectivity index (χ2v) is 9.07. The van der Waals surface area contributed by atoms with E-state index in [1.54, 1.807) is 6.92 Å². The molecule has 20 heavy (non-hydrogen) atoms. The minimum Gasteiger partial charge on any atom is -0.252 e. The van der Waals surface area contributed by atoms with Crippen LogP contribution in [0.5, 0.6) is 0 Å². The van der Waals surface area contributed by atoms with E-state index in [1.165, 1.54) is 11.3 Å². The van der Waals surface area contributed by atoms with Crippen LogP contribution in [0.4, 0.5) is 5.13 Å². The molecule has 2 aromatic rings. The van der Waals surface area contributed by atoms with Crippen LogP contribution >= 0.6 is 34.3 Å². The van der Waals surface area contributed by atoms with Gasteiger partial charge in [-0.05, 0) is 12.8 Å². The smallest absolute Gasteiger partial charge is 0.252 e. The summed E-state index contributed by atoms with van der Waals surface area (Å²) in [5.41, 5.74) is 0.374. The number of nitrogens with zero attached hydrogens (tertiary/aromatic N) is 3. The topological polar surface area (TPSA) is 84.8 Å². The van der Waals surface area contributed by atoms with Crippen LogP contribution in [0.15, 0.2) is 4.21 Å². The maximum atomic E-state index is 12.2. The van der Waals surface area contributed by atoms with Gasteiger partial charge in [0.05, 0.1) is 5.69 Å². The van der Waals surface area contributed by atoms with Gasteiger partial charge < -0.3 is 0 Å². The van der Waals surface area contributed by atoms with Gasteiger partial charge in [0.2, 0.25) is 5.13 Å². The Hall–Kier alpha value is -0.770. The predicted octanol–water partition coefficient (Wildman–Crippen LogP) is 2.96. The Morgan fingerprint density at radius 1 is 1.30 bits per heavy atom. The van der Waals surface area contributed by atoms with E-state index in [1.807, 2.05) is 0 Å². The lowest BCUT2D eigenvalue weighted by atomic mass is 10.1. The van der Waals surface area contributed by atoms with E-state index < -0.39 is 10.0 Å². The van der Waals surface area contributed by atoms with E-state index in [4.69, 9.17) is 11.6 Å². The van der Waals surface area contributed by atoms with Crippen molar-refractivity contribution in [2.24, 2.45) is 5.92 Å². The number of halogens is 1. The van der Waals surface area contributed by atoms with Crippen molar-refractivity contribution in [1.29, 1.82) is 0 Å². The van der Waals surface area contributed by atoms with E-state index in [0.717, 1.165) is 22.8 Å². The summed E-state index contributed by atoms with van der Waals surface area (Å²) in [6.07, 6.45) is 0.769. The lowest BCUT2D eigenvalue weighted by Crippen LogP contribution is -2.12. The molecule has 0 atom stereocenters. The lowest BCUT2D eigenvalue weighted by molar-refractivity contribution is 0.602. The minimum absolute atomic E-state index is 0.100. The highest BCUT2D eigenvalue weighted by Crippen LogP contribution is 2.29. The van der Waals surface area contributed by atoms with E-state index in [0.29, 0.717) is 11.6 Å². The Kier molecular flexibility index (Phi) is 4.62. The number of hydrogen-bond donors (Lipinski definition) is 1. The first-order chi connectivity index (χ1) is 9.28. The molecular weight excluding hydrogens is 340 g/mol. The quantitative estimate of drug-likeness (QED) is 0.894. The van der Waals surface area contributed by atoms with E-state index in [2.05, 4.69) is 33.8 Å². The minimum atomic E-state index is -3.71. The van der Waals surface area contributed by atoms with Gasteiger partial charge in [-0.1, -0.05) is 48.1 Å². The van der Waals surface area contributed by atoms with Gasteiger partial charge in [-0.3, -0.25) is 4.72 Å². The first-order valence-electron chi connectivity index (χ1n) is 5.76. The van der Waals surface area contributed by atoms with Gasteiger partial charge in [-0.15, -0.1) is 10.2 Å². The molecule has 0 aromatic carbocycles. The monoisotopic (exact) mass is 352 g/mol. The normalized spacial score (nSPS) is 12.1. The fourth-order valence-electron chi connectivity index (χ4n) is 1.49. The first-order valence-corrected chi connectivity index (χ1v) is 9.25. The molecule has 0 saturated carbocycles. The van der Waals surface area contributed by atoms with Crippen molar-refractivity contribution in [3.8, 4) is 0 Å². The number of aromatic nitrogens is 3. The van der Waals surface area contributed by atoms with Crippen molar-refractivity contribution >= 4 is 49.4 Å². The zero-order chi connectivity index (χ0) is 14.9. The van der Waals surface area contributed by atoms with Gasteiger partial charge in [0.25, 0.3) is 10.0 Å². The molecule has 0 saturated heterocycles. The molecule has 0 bridgehead atoms. The molecule has 0 fully saturated rings. The summed E-state index contributed by atoms with van der Waals surface area (Å²) in [5.74, 6) is 0.440. The van der Waals surface area contributed by atoms with Crippen molar-refractivity contribution in [1.82, 2.24) is 15.2 Å². The Morgan fingerprint density at radius 3 is 2.55 bits per heavy atom. The highest BCUT2D eigenvalue weighted by Gasteiger charge is 2.23. The third-order valence-corrected chi connectivity index (χ3v) is 6.44. The van der Waals surface area contributed by atoms with Crippen molar-refractivity contribution in [3.63, 3.8) is 0 Å². The largest absolute Gasteiger partial charge is 0.275 e. The van der Waals surface area contributed by atoms with Crippen LogP contribution in [-0.2, 0) is 16.4 Å². The van der Waals surface area contributed by atoms with Crippen LogP contribution in [0, 0.1) is 12.8 Å². The third kappa shape index (κ3) is 3.66. The SMILES string of the molecule is Cc1nc(Cl)sc1S(=O)(=O)Nc1nnc(CC(C)C)s1. The molecule has 0 amide bonds. The number of nitrogens with one attached hydrogen (secondary N) is 1. The van der Waals surface area contributed by atoms with Crippen LogP contribution in [0.2, 0.25) is 4.47 Å². The molecule has 2 rings (SSSR count). The second-order valence-electron chi connectivity index (χ2n) is 4.54. The fraction of sp³-hybridized carbons (Fsp3) is 0.500. The lowest BCUT2D eigenvalue weighted by Gasteiger charge is -2.02. The summed E-state index contributed by atoms with van der Waals surface area (Å²) in [5, 5.41) is 8.87. The van der Waals surface area contributed by atoms with Crippen molar-refractivity contribution in [3.05, 3.63) is 15.2 Å². The number of hydrogen-bond acceptors (Lipinski definition) is 7. The molecule has 2 aromatic heterocycles. The molecular formula is C10H13ClN4O2S3. The molecule has 0 spiro atoms. The molecule has 0 unspecified atom stereocenters. The highest BCUT2D eigenvalue weighted by atomic mass is 35.5. The van der Waals surface area contributed by atoms with Crippen LogP contribution in [0.3, 0.4) is 0 Å².